The van der Waals surface area contributed by atoms with Gasteiger partial charge in [-0.1, -0.05) is 70.2 Å². The average molecular weight is 347 g/mol. The highest BCUT2D eigenvalue weighted by molar-refractivity contribution is 5.98. The first-order valence-electron chi connectivity index (χ1n) is 8.98. The highest BCUT2D eigenvalue weighted by atomic mass is 16.5. The minimum Gasteiger partial charge on any atom is -0.423 e. The molecule has 1 aromatic heterocycles. The van der Waals surface area contributed by atoms with Crippen molar-refractivity contribution >= 4 is 5.97 Å². The molecule has 0 spiro atoms. The number of esters is 1. The maximum atomic E-state index is 12.8. The molecule has 0 aliphatic heterocycles. The van der Waals surface area contributed by atoms with Gasteiger partial charge in [0.25, 0.3) is 0 Å². The number of rotatable bonds is 4. The molecule has 2 aromatic carbocycles. The monoisotopic (exact) mass is 347 g/mol. The van der Waals surface area contributed by atoms with Crippen molar-refractivity contribution in [3.05, 3.63) is 77.5 Å². The largest absolute Gasteiger partial charge is 0.423 e. The highest BCUT2D eigenvalue weighted by Crippen LogP contribution is 2.27. The minimum atomic E-state index is -0.344. The Morgan fingerprint density at radius 3 is 2.23 bits per heavy atom. The SMILES string of the molecule is CCc1cc(C(=O)Oc2ccc(C(C)(C)C)cc2)c(-c2ccccc2)[nH]1. The van der Waals surface area contributed by atoms with Crippen molar-refractivity contribution in [2.75, 3.05) is 0 Å². The molecule has 3 heteroatoms. The summed E-state index contributed by atoms with van der Waals surface area (Å²) in [5.41, 5.74) is 4.63. The molecule has 0 radical (unpaired) electrons. The number of carbonyl (C=O) groups is 1. The van der Waals surface area contributed by atoms with Crippen LogP contribution in [-0.2, 0) is 11.8 Å². The Labute approximate surface area is 155 Å². The smallest absolute Gasteiger partial charge is 0.345 e. The van der Waals surface area contributed by atoms with Crippen LogP contribution in [0.3, 0.4) is 0 Å². The fourth-order valence-electron chi connectivity index (χ4n) is 2.88. The maximum absolute atomic E-state index is 12.8. The van der Waals surface area contributed by atoms with Gasteiger partial charge in [-0.25, -0.2) is 4.79 Å². The van der Waals surface area contributed by atoms with Gasteiger partial charge in [-0.15, -0.1) is 0 Å². The molecule has 0 saturated carbocycles. The van der Waals surface area contributed by atoms with Gasteiger partial charge < -0.3 is 9.72 Å². The van der Waals surface area contributed by atoms with Crippen molar-refractivity contribution in [3.63, 3.8) is 0 Å². The number of ether oxygens (including phenoxy) is 1. The molecule has 3 rings (SSSR count). The molecule has 26 heavy (non-hydrogen) atoms. The zero-order valence-corrected chi connectivity index (χ0v) is 15.8. The van der Waals surface area contributed by atoms with Gasteiger partial charge >= 0.3 is 5.97 Å². The van der Waals surface area contributed by atoms with Crippen LogP contribution in [0.15, 0.2) is 60.7 Å². The van der Waals surface area contributed by atoms with Gasteiger partial charge in [-0.3, -0.25) is 0 Å². The number of carbonyl (C=O) groups excluding carboxylic acids is 1. The number of aromatic amines is 1. The van der Waals surface area contributed by atoms with Gasteiger partial charge in [-0.05, 0) is 41.2 Å². The second-order valence-corrected chi connectivity index (χ2v) is 7.47. The summed E-state index contributed by atoms with van der Waals surface area (Å²) in [5, 5.41) is 0. The van der Waals surface area contributed by atoms with Crippen molar-refractivity contribution < 1.29 is 9.53 Å². The maximum Gasteiger partial charge on any atom is 0.345 e. The molecule has 3 nitrogen and oxygen atoms in total. The summed E-state index contributed by atoms with van der Waals surface area (Å²) in [5.74, 6) is 0.213. The van der Waals surface area contributed by atoms with Crippen molar-refractivity contribution in [2.24, 2.45) is 0 Å². The number of H-pyrrole nitrogens is 1. The van der Waals surface area contributed by atoms with Crippen molar-refractivity contribution in [1.82, 2.24) is 4.98 Å². The van der Waals surface area contributed by atoms with Crippen LogP contribution in [0.2, 0.25) is 0 Å². The molecule has 0 bridgehead atoms. The number of benzene rings is 2. The first-order valence-corrected chi connectivity index (χ1v) is 8.98. The van der Waals surface area contributed by atoms with Crippen molar-refractivity contribution in [2.45, 2.75) is 39.5 Å². The molecule has 0 fully saturated rings. The van der Waals surface area contributed by atoms with E-state index in [4.69, 9.17) is 4.74 Å². The number of aryl methyl sites for hydroxylation is 1. The van der Waals surface area contributed by atoms with Crippen LogP contribution in [-0.4, -0.2) is 11.0 Å². The van der Waals surface area contributed by atoms with Crippen LogP contribution in [0.5, 0.6) is 5.75 Å². The Morgan fingerprint density at radius 2 is 1.65 bits per heavy atom. The van der Waals surface area contributed by atoms with Gasteiger partial charge in [0.15, 0.2) is 0 Å². The molecule has 0 amide bonds. The summed E-state index contributed by atoms with van der Waals surface area (Å²) in [6, 6.07) is 19.5. The quantitative estimate of drug-likeness (QED) is 0.481. The Bertz CT molecular complexity index is 884. The van der Waals surface area contributed by atoms with E-state index < -0.39 is 0 Å². The average Bonchev–Trinajstić information content (AvgIpc) is 3.07. The molecular weight excluding hydrogens is 322 g/mol. The Hall–Kier alpha value is -2.81. The predicted octanol–water partition coefficient (Wildman–Crippen LogP) is 5.76. The van der Waals surface area contributed by atoms with E-state index in [1.165, 1.54) is 5.56 Å². The predicted molar refractivity (Wildman–Crippen MR) is 106 cm³/mol. The van der Waals surface area contributed by atoms with Crippen molar-refractivity contribution in [1.29, 1.82) is 0 Å². The highest BCUT2D eigenvalue weighted by Gasteiger charge is 2.19. The van der Waals surface area contributed by atoms with Crippen LogP contribution >= 0.6 is 0 Å². The first-order chi connectivity index (χ1) is 12.4. The third-order valence-corrected chi connectivity index (χ3v) is 4.47. The summed E-state index contributed by atoms with van der Waals surface area (Å²) in [4.78, 5) is 16.1. The van der Waals surface area contributed by atoms with E-state index in [2.05, 4.69) is 32.7 Å². The van der Waals surface area contributed by atoms with Crippen LogP contribution in [0.4, 0.5) is 0 Å². The molecule has 0 aliphatic carbocycles. The molecule has 0 unspecified atom stereocenters. The number of hydrogen-bond acceptors (Lipinski definition) is 2. The second kappa shape index (κ2) is 7.20. The summed E-state index contributed by atoms with van der Waals surface area (Å²) in [7, 11) is 0. The standard InChI is InChI=1S/C23H25NO2/c1-5-18-15-20(21(24-18)16-9-7-6-8-10-16)22(25)26-19-13-11-17(12-14-19)23(2,3)4/h6-15,24H,5H2,1-4H3. The van der Waals surface area contributed by atoms with E-state index in [0.717, 1.165) is 23.4 Å². The number of hydrogen-bond donors (Lipinski definition) is 1. The van der Waals surface area contributed by atoms with Gasteiger partial charge in [0.2, 0.25) is 0 Å². The Morgan fingerprint density at radius 1 is 1.00 bits per heavy atom. The lowest BCUT2D eigenvalue weighted by atomic mass is 9.87. The van der Waals surface area contributed by atoms with E-state index in [9.17, 15) is 4.79 Å². The molecule has 0 aliphatic rings. The summed E-state index contributed by atoms with van der Waals surface area (Å²) >= 11 is 0. The number of nitrogens with one attached hydrogen (secondary N) is 1. The molecule has 0 saturated heterocycles. The van der Waals surface area contributed by atoms with Gasteiger partial charge in [0, 0.05) is 5.69 Å². The normalized spacial score (nSPS) is 11.4. The van der Waals surface area contributed by atoms with E-state index in [1.807, 2.05) is 60.7 Å². The minimum absolute atomic E-state index is 0.0691. The molecule has 1 heterocycles. The van der Waals surface area contributed by atoms with Crippen molar-refractivity contribution in [3.8, 4) is 17.0 Å². The van der Waals surface area contributed by atoms with Crippen LogP contribution in [0.25, 0.3) is 11.3 Å². The molecule has 3 aromatic rings. The zero-order valence-electron chi connectivity index (χ0n) is 15.8. The lowest BCUT2D eigenvalue weighted by Gasteiger charge is -2.19. The van der Waals surface area contributed by atoms with E-state index >= 15 is 0 Å². The molecule has 0 atom stereocenters. The fourth-order valence-corrected chi connectivity index (χ4v) is 2.88. The molecule has 1 N–H and O–H groups in total. The fraction of sp³-hybridized carbons (Fsp3) is 0.261. The Kier molecular flexibility index (Phi) is 4.99. The summed E-state index contributed by atoms with van der Waals surface area (Å²) in [6.07, 6.45) is 0.827. The Balaban J connectivity index is 1.87. The third-order valence-electron chi connectivity index (χ3n) is 4.47. The summed E-state index contributed by atoms with van der Waals surface area (Å²) < 4.78 is 5.63. The van der Waals surface area contributed by atoms with Crippen LogP contribution in [0.1, 0.15) is 49.3 Å². The zero-order chi connectivity index (χ0) is 18.7. The molecule has 134 valence electrons. The van der Waals surface area contributed by atoms with Gasteiger partial charge in [0.1, 0.15) is 5.75 Å². The van der Waals surface area contributed by atoms with E-state index in [1.54, 1.807) is 0 Å². The van der Waals surface area contributed by atoms with Gasteiger partial charge in [-0.2, -0.15) is 0 Å². The lowest BCUT2D eigenvalue weighted by Crippen LogP contribution is -2.12. The summed E-state index contributed by atoms with van der Waals surface area (Å²) in [6.45, 7) is 8.53. The third kappa shape index (κ3) is 3.88. The second-order valence-electron chi connectivity index (χ2n) is 7.47. The molecular formula is C23H25NO2. The van der Waals surface area contributed by atoms with Gasteiger partial charge in [0.05, 0.1) is 11.3 Å². The topological polar surface area (TPSA) is 42.1 Å². The van der Waals surface area contributed by atoms with Crippen LogP contribution in [0, 0.1) is 0 Å². The first kappa shape index (κ1) is 18.0. The lowest BCUT2D eigenvalue weighted by molar-refractivity contribution is 0.0735. The van der Waals surface area contributed by atoms with E-state index in [0.29, 0.717) is 11.3 Å². The van der Waals surface area contributed by atoms with Crippen LogP contribution < -0.4 is 4.74 Å². The number of aromatic nitrogens is 1. The van der Waals surface area contributed by atoms with E-state index in [-0.39, 0.29) is 11.4 Å².